The lowest BCUT2D eigenvalue weighted by atomic mass is 10.1. The standard InChI is InChI=1S/C19H21N3OS3/c1-3-22(4-2)17(23)13-25-19-21-20-18(26-19)24-12-15-10-7-9-14-8-5-6-11-16(14)15/h5-11H,3-4,12-13H2,1-2H3. The third kappa shape index (κ3) is 4.78. The SMILES string of the molecule is CCN(CC)C(=O)CSc1nnc(SCc2cccc3ccccc23)s1. The van der Waals surface area contributed by atoms with Gasteiger partial charge in [0.15, 0.2) is 8.68 Å². The average Bonchev–Trinajstić information content (AvgIpc) is 3.13. The molecule has 0 aliphatic carbocycles. The molecule has 0 aliphatic heterocycles. The summed E-state index contributed by atoms with van der Waals surface area (Å²) in [7, 11) is 0. The molecular weight excluding hydrogens is 382 g/mol. The van der Waals surface area contributed by atoms with Crippen LogP contribution in [0.3, 0.4) is 0 Å². The largest absolute Gasteiger partial charge is 0.343 e. The van der Waals surface area contributed by atoms with Crippen LogP contribution in [0.15, 0.2) is 51.1 Å². The molecule has 0 N–H and O–H groups in total. The van der Waals surface area contributed by atoms with Gasteiger partial charge in [0, 0.05) is 18.8 Å². The Labute approximate surface area is 166 Å². The summed E-state index contributed by atoms with van der Waals surface area (Å²) in [5.41, 5.74) is 1.30. The van der Waals surface area contributed by atoms with E-state index in [0.717, 1.165) is 27.5 Å². The monoisotopic (exact) mass is 403 g/mol. The molecule has 26 heavy (non-hydrogen) atoms. The summed E-state index contributed by atoms with van der Waals surface area (Å²) in [5.74, 6) is 1.43. The van der Waals surface area contributed by atoms with E-state index in [2.05, 4.69) is 52.7 Å². The van der Waals surface area contributed by atoms with E-state index < -0.39 is 0 Å². The van der Waals surface area contributed by atoms with Crippen molar-refractivity contribution in [3.05, 3.63) is 48.0 Å². The number of hydrogen-bond acceptors (Lipinski definition) is 6. The summed E-state index contributed by atoms with van der Waals surface area (Å²) < 4.78 is 1.79. The molecule has 1 amide bonds. The molecule has 0 aliphatic rings. The van der Waals surface area contributed by atoms with E-state index >= 15 is 0 Å². The molecule has 3 rings (SSSR count). The zero-order valence-corrected chi connectivity index (χ0v) is 17.3. The Hall–Kier alpha value is -1.57. The van der Waals surface area contributed by atoms with Crippen LogP contribution in [-0.4, -0.2) is 39.8 Å². The van der Waals surface area contributed by atoms with Crippen LogP contribution in [0.25, 0.3) is 10.8 Å². The summed E-state index contributed by atoms with van der Waals surface area (Å²) in [6, 6.07) is 14.8. The topological polar surface area (TPSA) is 46.1 Å². The zero-order valence-electron chi connectivity index (χ0n) is 14.8. The van der Waals surface area contributed by atoms with Crippen LogP contribution in [0.5, 0.6) is 0 Å². The van der Waals surface area contributed by atoms with Gasteiger partial charge in [0.2, 0.25) is 5.91 Å². The van der Waals surface area contributed by atoms with Crippen LogP contribution in [0, 0.1) is 0 Å². The number of aromatic nitrogens is 2. The average molecular weight is 404 g/mol. The van der Waals surface area contributed by atoms with E-state index in [9.17, 15) is 4.79 Å². The van der Waals surface area contributed by atoms with Gasteiger partial charge in [-0.15, -0.1) is 10.2 Å². The van der Waals surface area contributed by atoms with Crippen molar-refractivity contribution >= 4 is 51.5 Å². The van der Waals surface area contributed by atoms with E-state index in [1.54, 1.807) is 23.1 Å². The molecule has 1 aromatic heterocycles. The van der Waals surface area contributed by atoms with Gasteiger partial charge in [-0.25, -0.2) is 0 Å². The predicted octanol–water partition coefficient (Wildman–Crippen LogP) is 4.94. The summed E-state index contributed by atoms with van der Waals surface area (Å²) in [6.45, 7) is 5.49. The highest BCUT2D eigenvalue weighted by atomic mass is 32.2. The molecule has 0 saturated carbocycles. The third-order valence-electron chi connectivity index (χ3n) is 4.05. The quantitative estimate of drug-likeness (QED) is 0.498. The van der Waals surface area contributed by atoms with Gasteiger partial charge >= 0.3 is 0 Å². The molecule has 0 unspecified atom stereocenters. The van der Waals surface area contributed by atoms with Crippen LogP contribution < -0.4 is 0 Å². The molecule has 0 bridgehead atoms. The Morgan fingerprint density at radius 3 is 2.46 bits per heavy atom. The fourth-order valence-corrected chi connectivity index (χ4v) is 5.59. The van der Waals surface area contributed by atoms with E-state index in [4.69, 9.17) is 0 Å². The van der Waals surface area contributed by atoms with Crippen molar-refractivity contribution in [2.24, 2.45) is 0 Å². The number of fused-ring (bicyclic) bond motifs is 1. The molecule has 1 heterocycles. The molecule has 136 valence electrons. The normalized spacial score (nSPS) is 11.0. The lowest BCUT2D eigenvalue weighted by Crippen LogP contribution is -2.31. The fraction of sp³-hybridized carbons (Fsp3) is 0.316. The summed E-state index contributed by atoms with van der Waals surface area (Å²) >= 11 is 4.73. The summed E-state index contributed by atoms with van der Waals surface area (Å²) in [6.07, 6.45) is 0. The van der Waals surface area contributed by atoms with Gasteiger partial charge in [-0.05, 0) is 30.2 Å². The van der Waals surface area contributed by atoms with Gasteiger partial charge in [-0.1, -0.05) is 77.3 Å². The smallest absolute Gasteiger partial charge is 0.233 e. The van der Waals surface area contributed by atoms with E-state index in [1.807, 2.05) is 18.7 Å². The molecule has 0 saturated heterocycles. The summed E-state index contributed by atoms with van der Waals surface area (Å²) in [4.78, 5) is 13.9. The van der Waals surface area contributed by atoms with Gasteiger partial charge in [0.25, 0.3) is 0 Å². The molecule has 0 atom stereocenters. The van der Waals surface area contributed by atoms with Crippen LogP contribution in [0.2, 0.25) is 0 Å². The van der Waals surface area contributed by atoms with Crippen molar-refractivity contribution in [3.63, 3.8) is 0 Å². The molecule has 0 spiro atoms. The second-order valence-electron chi connectivity index (χ2n) is 5.62. The van der Waals surface area contributed by atoms with E-state index in [0.29, 0.717) is 5.75 Å². The van der Waals surface area contributed by atoms with Crippen LogP contribution in [0.1, 0.15) is 19.4 Å². The first-order chi connectivity index (χ1) is 12.7. The number of rotatable bonds is 8. The number of nitrogens with zero attached hydrogens (tertiary/aromatic N) is 3. The molecule has 2 aromatic carbocycles. The van der Waals surface area contributed by atoms with Crippen LogP contribution in [0.4, 0.5) is 0 Å². The third-order valence-corrected chi connectivity index (χ3v) is 7.28. The van der Waals surface area contributed by atoms with Crippen molar-refractivity contribution in [1.82, 2.24) is 15.1 Å². The van der Waals surface area contributed by atoms with Gasteiger partial charge in [0.05, 0.1) is 5.75 Å². The molecule has 4 nitrogen and oxygen atoms in total. The van der Waals surface area contributed by atoms with Crippen molar-refractivity contribution in [1.29, 1.82) is 0 Å². The zero-order chi connectivity index (χ0) is 18.4. The van der Waals surface area contributed by atoms with Gasteiger partial charge in [-0.3, -0.25) is 4.79 Å². The highest BCUT2D eigenvalue weighted by molar-refractivity contribution is 8.03. The maximum absolute atomic E-state index is 12.1. The maximum atomic E-state index is 12.1. The Kier molecular flexibility index (Phi) is 6.93. The fourth-order valence-electron chi connectivity index (χ4n) is 2.66. The Balaban J connectivity index is 1.58. The minimum absolute atomic E-state index is 0.153. The van der Waals surface area contributed by atoms with Crippen LogP contribution >= 0.6 is 34.9 Å². The van der Waals surface area contributed by atoms with E-state index in [-0.39, 0.29) is 5.91 Å². The second kappa shape index (κ2) is 9.39. The number of hydrogen-bond donors (Lipinski definition) is 0. The van der Waals surface area contributed by atoms with Crippen LogP contribution in [-0.2, 0) is 10.5 Å². The molecule has 0 radical (unpaired) electrons. The second-order valence-corrected chi connectivity index (χ2v) is 9.04. The molecule has 7 heteroatoms. The molecule has 0 fully saturated rings. The first-order valence-corrected chi connectivity index (χ1v) is 11.3. The molecular formula is C19H21N3OS3. The van der Waals surface area contributed by atoms with Crippen molar-refractivity contribution < 1.29 is 4.79 Å². The highest BCUT2D eigenvalue weighted by Gasteiger charge is 2.13. The lowest BCUT2D eigenvalue weighted by Gasteiger charge is -2.17. The number of carbonyl (C=O) groups excluding carboxylic acids is 1. The van der Waals surface area contributed by atoms with Crippen molar-refractivity contribution in [3.8, 4) is 0 Å². The number of benzene rings is 2. The van der Waals surface area contributed by atoms with Gasteiger partial charge in [0.1, 0.15) is 0 Å². The lowest BCUT2D eigenvalue weighted by molar-refractivity contribution is -0.127. The minimum Gasteiger partial charge on any atom is -0.343 e. The Bertz CT molecular complexity index is 872. The predicted molar refractivity (Wildman–Crippen MR) is 112 cm³/mol. The highest BCUT2D eigenvalue weighted by Crippen LogP contribution is 2.32. The first kappa shape index (κ1) is 19.2. The van der Waals surface area contributed by atoms with E-state index in [1.165, 1.54) is 28.1 Å². The number of carbonyl (C=O) groups is 1. The Morgan fingerprint density at radius 2 is 1.69 bits per heavy atom. The van der Waals surface area contributed by atoms with Crippen molar-refractivity contribution in [2.45, 2.75) is 28.3 Å². The summed E-state index contributed by atoms with van der Waals surface area (Å²) in [5, 5.41) is 11.0. The minimum atomic E-state index is 0.153. The maximum Gasteiger partial charge on any atom is 0.233 e. The first-order valence-electron chi connectivity index (χ1n) is 8.54. The van der Waals surface area contributed by atoms with Crippen molar-refractivity contribution in [2.75, 3.05) is 18.8 Å². The Morgan fingerprint density at radius 1 is 1.00 bits per heavy atom. The number of amides is 1. The molecule has 3 aromatic rings. The van der Waals surface area contributed by atoms with Gasteiger partial charge in [-0.2, -0.15) is 0 Å². The number of thioether (sulfide) groups is 2. The van der Waals surface area contributed by atoms with Gasteiger partial charge < -0.3 is 4.90 Å².